The first-order valence-corrected chi connectivity index (χ1v) is 10.5. The highest BCUT2D eigenvalue weighted by Gasteiger charge is 2.33. The molecule has 3 aromatic rings. The lowest BCUT2D eigenvalue weighted by Gasteiger charge is -2.23. The zero-order valence-corrected chi connectivity index (χ0v) is 17.5. The predicted molar refractivity (Wildman–Crippen MR) is 115 cm³/mol. The fraction of sp³-hybridized carbons (Fsp3) is 0.238. The van der Waals surface area contributed by atoms with Crippen LogP contribution in [0.5, 0.6) is 5.75 Å². The number of halogens is 1. The van der Waals surface area contributed by atoms with E-state index in [0.29, 0.717) is 28.7 Å². The monoisotopic (exact) mass is 441 g/mol. The van der Waals surface area contributed by atoms with Gasteiger partial charge in [0.15, 0.2) is 0 Å². The molecule has 1 unspecified atom stereocenters. The summed E-state index contributed by atoms with van der Waals surface area (Å²) in [4.78, 5) is 26.9. The summed E-state index contributed by atoms with van der Waals surface area (Å²) in [6, 6.07) is 12.2. The van der Waals surface area contributed by atoms with Gasteiger partial charge in [0.25, 0.3) is 5.91 Å². The third-order valence-corrected chi connectivity index (χ3v) is 5.88. The van der Waals surface area contributed by atoms with Gasteiger partial charge in [-0.2, -0.15) is 0 Å². The van der Waals surface area contributed by atoms with Crippen molar-refractivity contribution < 1.29 is 18.7 Å². The minimum Gasteiger partial charge on any atom is -0.497 e. The number of carbonyl (C=O) groups is 2. The molecule has 0 bridgehead atoms. The van der Waals surface area contributed by atoms with Crippen molar-refractivity contribution >= 4 is 34.6 Å². The summed E-state index contributed by atoms with van der Waals surface area (Å²) < 4.78 is 18.4. The molecular weight excluding hydrogens is 421 g/mol. The Bertz CT molecular complexity index is 1090. The van der Waals surface area contributed by atoms with E-state index >= 15 is 0 Å². The molecule has 1 aliphatic heterocycles. The second-order valence-corrected chi connectivity index (χ2v) is 7.93. The van der Waals surface area contributed by atoms with Gasteiger partial charge in [-0.1, -0.05) is 17.4 Å². The molecule has 0 radical (unpaired) electrons. The summed E-state index contributed by atoms with van der Waals surface area (Å²) >= 11 is 1.13. The van der Waals surface area contributed by atoms with Gasteiger partial charge < -0.3 is 20.3 Å². The van der Waals surface area contributed by atoms with Crippen LogP contribution >= 0.6 is 11.3 Å². The summed E-state index contributed by atoms with van der Waals surface area (Å²) in [5, 5.41) is 14.3. The zero-order chi connectivity index (χ0) is 21.8. The maximum absolute atomic E-state index is 13.3. The van der Waals surface area contributed by atoms with Crippen molar-refractivity contribution in [1.82, 2.24) is 15.1 Å². The van der Waals surface area contributed by atoms with Gasteiger partial charge >= 0.3 is 6.03 Å². The van der Waals surface area contributed by atoms with E-state index in [4.69, 9.17) is 4.74 Å². The number of aromatic nitrogens is 2. The lowest BCUT2D eigenvalue weighted by Crippen LogP contribution is -2.34. The number of urea groups is 1. The first kappa shape index (κ1) is 20.7. The Morgan fingerprint density at radius 2 is 1.94 bits per heavy atom. The van der Waals surface area contributed by atoms with Crippen LogP contribution in [0.4, 0.5) is 20.6 Å². The Balaban J connectivity index is 1.43. The summed E-state index contributed by atoms with van der Waals surface area (Å²) in [6.07, 6.45) is 1.56. The minimum absolute atomic E-state index is 0.154. The molecule has 0 aliphatic carbocycles. The average Bonchev–Trinajstić information content (AvgIpc) is 3.44. The largest absolute Gasteiger partial charge is 0.497 e. The number of benzene rings is 2. The lowest BCUT2D eigenvalue weighted by molar-refractivity contribution is 0.102. The van der Waals surface area contributed by atoms with Gasteiger partial charge in [0.05, 0.1) is 13.2 Å². The minimum atomic E-state index is -0.471. The number of ether oxygens (including phenoxy) is 1. The fourth-order valence-corrected chi connectivity index (χ4v) is 4.23. The van der Waals surface area contributed by atoms with Crippen LogP contribution in [0.1, 0.15) is 33.7 Å². The van der Waals surface area contributed by atoms with Crippen molar-refractivity contribution in [2.24, 2.45) is 0 Å². The molecule has 31 heavy (non-hydrogen) atoms. The first-order chi connectivity index (χ1) is 15.0. The first-order valence-electron chi connectivity index (χ1n) is 9.65. The van der Waals surface area contributed by atoms with E-state index in [1.807, 2.05) is 0 Å². The van der Waals surface area contributed by atoms with E-state index < -0.39 is 11.7 Å². The predicted octanol–water partition coefficient (Wildman–Crippen LogP) is 4.31. The van der Waals surface area contributed by atoms with Crippen LogP contribution in [-0.4, -0.2) is 40.7 Å². The summed E-state index contributed by atoms with van der Waals surface area (Å²) in [5.41, 5.74) is 0.993. The fourth-order valence-electron chi connectivity index (χ4n) is 3.35. The Labute approximate surface area is 182 Å². The van der Waals surface area contributed by atoms with Gasteiger partial charge in [0, 0.05) is 17.9 Å². The van der Waals surface area contributed by atoms with Crippen LogP contribution < -0.4 is 15.4 Å². The van der Waals surface area contributed by atoms with Crippen LogP contribution in [0, 0.1) is 5.82 Å². The molecule has 2 aromatic carbocycles. The Hall–Kier alpha value is -3.53. The number of nitrogens with zero attached hydrogens (tertiary/aromatic N) is 3. The molecule has 1 aliphatic rings. The number of hydrogen-bond acceptors (Lipinski definition) is 6. The quantitative estimate of drug-likeness (QED) is 0.615. The molecule has 4 rings (SSSR count). The number of amides is 3. The highest BCUT2D eigenvalue weighted by molar-refractivity contribution is 7.13. The molecule has 2 heterocycles. The Morgan fingerprint density at radius 3 is 2.68 bits per heavy atom. The van der Waals surface area contributed by atoms with Gasteiger partial charge in [-0.3, -0.25) is 4.79 Å². The molecule has 3 amide bonds. The molecule has 2 N–H and O–H groups in total. The van der Waals surface area contributed by atoms with Gasteiger partial charge in [-0.15, -0.1) is 10.2 Å². The Kier molecular flexibility index (Phi) is 6.08. The van der Waals surface area contributed by atoms with Gasteiger partial charge in [-0.05, 0) is 55.3 Å². The van der Waals surface area contributed by atoms with Crippen LogP contribution in [0.25, 0.3) is 0 Å². The van der Waals surface area contributed by atoms with Crippen molar-refractivity contribution in [3.05, 3.63) is 64.4 Å². The third kappa shape index (κ3) is 4.80. The normalized spacial score (nSPS) is 15.5. The number of carbonyl (C=O) groups excluding carboxylic acids is 2. The summed E-state index contributed by atoms with van der Waals surface area (Å²) in [7, 11) is 1.58. The molecular formula is C21H20FN5O3S. The number of likely N-dealkylation sites (tertiary alicyclic amines) is 1. The van der Waals surface area contributed by atoms with E-state index in [9.17, 15) is 14.0 Å². The average molecular weight is 441 g/mol. The Morgan fingerprint density at radius 1 is 1.13 bits per heavy atom. The van der Waals surface area contributed by atoms with E-state index in [1.54, 1.807) is 42.3 Å². The highest BCUT2D eigenvalue weighted by Crippen LogP contribution is 2.34. The van der Waals surface area contributed by atoms with E-state index in [1.165, 1.54) is 18.2 Å². The molecule has 1 saturated heterocycles. The number of anilines is 2. The van der Waals surface area contributed by atoms with Crippen molar-refractivity contribution in [2.45, 2.75) is 18.9 Å². The number of rotatable bonds is 5. The summed E-state index contributed by atoms with van der Waals surface area (Å²) in [6.45, 7) is 0.580. The molecule has 0 saturated carbocycles. The van der Waals surface area contributed by atoms with Gasteiger partial charge in [-0.25, -0.2) is 9.18 Å². The maximum Gasteiger partial charge on any atom is 0.322 e. The molecule has 8 nitrogen and oxygen atoms in total. The smallest absolute Gasteiger partial charge is 0.322 e. The molecule has 1 atom stereocenters. The van der Waals surface area contributed by atoms with Crippen LogP contribution in [0.15, 0.2) is 48.5 Å². The highest BCUT2D eigenvalue weighted by atomic mass is 32.1. The SMILES string of the molecule is COc1ccc(NC(=O)N2CCCC2c2nnc(C(=O)Nc3cccc(F)c3)s2)cc1. The van der Waals surface area contributed by atoms with E-state index in [2.05, 4.69) is 20.8 Å². The third-order valence-electron chi connectivity index (χ3n) is 4.86. The molecule has 160 valence electrons. The summed E-state index contributed by atoms with van der Waals surface area (Å²) in [5.74, 6) is -0.211. The van der Waals surface area contributed by atoms with E-state index in [0.717, 1.165) is 24.2 Å². The van der Waals surface area contributed by atoms with Crippen molar-refractivity contribution in [1.29, 1.82) is 0 Å². The van der Waals surface area contributed by atoms with E-state index in [-0.39, 0.29) is 17.1 Å². The molecule has 1 aromatic heterocycles. The topological polar surface area (TPSA) is 96.4 Å². The van der Waals surface area contributed by atoms with Gasteiger partial charge in [0.1, 0.15) is 16.6 Å². The molecule has 10 heteroatoms. The van der Waals surface area contributed by atoms with Crippen LogP contribution in [-0.2, 0) is 0 Å². The molecule has 1 fully saturated rings. The maximum atomic E-state index is 13.3. The standard InChI is InChI=1S/C21H20FN5O3S/c1-30-16-9-7-14(8-10-16)24-21(29)27-11-3-6-17(27)19-25-26-20(31-19)18(28)23-15-5-2-4-13(22)12-15/h2,4-5,7-10,12,17H,3,6,11H2,1H3,(H,23,28)(H,24,29). The second kappa shape index (κ2) is 9.09. The second-order valence-electron chi connectivity index (χ2n) is 6.92. The van der Waals surface area contributed by atoms with Crippen molar-refractivity contribution in [2.75, 3.05) is 24.3 Å². The lowest BCUT2D eigenvalue weighted by atomic mass is 10.2. The van der Waals surface area contributed by atoms with Crippen molar-refractivity contribution in [3.8, 4) is 5.75 Å². The van der Waals surface area contributed by atoms with Crippen LogP contribution in [0.3, 0.4) is 0 Å². The van der Waals surface area contributed by atoms with Crippen LogP contribution in [0.2, 0.25) is 0 Å². The number of methoxy groups -OCH3 is 1. The van der Waals surface area contributed by atoms with Crippen molar-refractivity contribution in [3.63, 3.8) is 0 Å². The van der Waals surface area contributed by atoms with Gasteiger partial charge in [0.2, 0.25) is 5.01 Å². The zero-order valence-electron chi connectivity index (χ0n) is 16.7. The number of nitrogens with one attached hydrogen (secondary N) is 2. The molecule has 0 spiro atoms. The number of hydrogen-bond donors (Lipinski definition) is 2.